The van der Waals surface area contributed by atoms with Gasteiger partial charge in [-0.2, -0.15) is 4.98 Å². The van der Waals surface area contributed by atoms with E-state index in [2.05, 4.69) is 34.2 Å². The molecule has 176 valence electrons. The molecular weight excluding hydrogens is 428 g/mol. The zero-order chi connectivity index (χ0) is 22.9. The monoisotopic (exact) mass is 462 g/mol. The third-order valence-corrected chi connectivity index (χ3v) is 6.40. The molecule has 0 bridgehead atoms. The minimum Gasteiger partial charge on any atom is -0.493 e. The van der Waals surface area contributed by atoms with Crippen LogP contribution in [0.1, 0.15) is 32.6 Å². The predicted octanol–water partition coefficient (Wildman–Crippen LogP) is 3.47. The summed E-state index contributed by atoms with van der Waals surface area (Å²) in [7, 11) is 3.17. The van der Waals surface area contributed by atoms with Crippen molar-refractivity contribution in [3.05, 3.63) is 24.1 Å². The molecule has 9 heteroatoms. The van der Waals surface area contributed by atoms with Crippen LogP contribution in [-0.4, -0.2) is 67.1 Å². The van der Waals surface area contributed by atoms with Gasteiger partial charge in [-0.1, -0.05) is 19.0 Å². The number of amides is 1. The number of piperidine rings is 1. The Kier molecular flexibility index (Phi) is 9.23. The van der Waals surface area contributed by atoms with Crippen LogP contribution in [0.3, 0.4) is 0 Å². The fourth-order valence-corrected chi connectivity index (χ4v) is 4.87. The SMILES string of the molecule is COc1ccc(-c2noc(CSCC(=O)NCCCN3C[C@@H](C)C[C@H](C)C3)n2)cc1OC. The molecule has 32 heavy (non-hydrogen) atoms. The molecular formula is C23H34N4O4S. The number of likely N-dealkylation sites (tertiary alicyclic amines) is 1. The Morgan fingerprint density at radius 2 is 1.97 bits per heavy atom. The number of carbonyl (C=O) groups excluding carboxylic acids is 1. The number of ether oxygens (including phenoxy) is 2. The first-order chi connectivity index (χ1) is 15.5. The van der Waals surface area contributed by atoms with E-state index in [-0.39, 0.29) is 5.91 Å². The van der Waals surface area contributed by atoms with Crippen molar-refractivity contribution in [2.45, 2.75) is 32.4 Å². The number of hydrogen-bond donors (Lipinski definition) is 1. The zero-order valence-corrected chi connectivity index (χ0v) is 20.2. The summed E-state index contributed by atoms with van der Waals surface area (Å²) in [5.41, 5.74) is 0.776. The minimum absolute atomic E-state index is 0.0370. The Labute approximate surface area is 194 Å². The number of thioether (sulfide) groups is 1. The lowest BCUT2D eigenvalue weighted by Crippen LogP contribution is -2.40. The highest BCUT2D eigenvalue weighted by Crippen LogP contribution is 2.31. The molecule has 8 nitrogen and oxygen atoms in total. The normalized spacial score (nSPS) is 19.0. The number of carbonyl (C=O) groups is 1. The molecule has 1 aliphatic rings. The maximum absolute atomic E-state index is 12.1. The van der Waals surface area contributed by atoms with Crippen LogP contribution < -0.4 is 14.8 Å². The summed E-state index contributed by atoms with van der Waals surface area (Å²) in [6, 6.07) is 5.46. The van der Waals surface area contributed by atoms with Crippen LogP contribution in [0.2, 0.25) is 0 Å². The zero-order valence-electron chi connectivity index (χ0n) is 19.4. The minimum atomic E-state index is 0.0370. The second-order valence-electron chi connectivity index (χ2n) is 8.48. The number of benzene rings is 1. The highest BCUT2D eigenvalue weighted by atomic mass is 32.2. The van der Waals surface area contributed by atoms with Crippen molar-refractivity contribution in [3.63, 3.8) is 0 Å². The van der Waals surface area contributed by atoms with Gasteiger partial charge in [-0.25, -0.2) is 0 Å². The van der Waals surface area contributed by atoms with Gasteiger partial charge in [0.1, 0.15) is 0 Å². The van der Waals surface area contributed by atoms with Crippen LogP contribution in [0.4, 0.5) is 0 Å². The van der Waals surface area contributed by atoms with Gasteiger partial charge in [0.25, 0.3) is 0 Å². The van der Waals surface area contributed by atoms with E-state index in [1.54, 1.807) is 26.4 Å². The van der Waals surface area contributed by atoms with Gasteiger partial charge in [-0.3, -0.25) is 4.79 Å². The number of rotatable bonds is 11. The van der Waals surface area contributed by atoms with Crippen molar-refractivity contribution < 1.29 is 18.8 Å². The van der Waals surface area contributed by atoms with Crippen LogP contribution in [0.5, 0.6) is 11.5 Å². The summed E-state index contributed by atoms with van der Waals surface area (Å²) < 4.78 is 15.9. The third kappa shape index (κ3) is 7.13. The molecule has 1 N–H and O–H groups in total. The van der Waals surface area contributed by atoms with Gasteiger partial charge in [0.05, 0.1) is 25.7 Å². The van der Waals surface area contributed by atoms with Gasteiger partial charge in [0.15, 0.2) is 11.5 Å². The lowest BCUT2D eigenvalue weighted by molar-refractivity contribution is -0.118. The smallest absolute Gasteiger partial charge is 0.236 e. The van der Waals surface area contributed by atoms with Gasteiger partial charge >= 0.3 is 0 Å². The molecule has 2 aromatic rings. The van der Waals surface area contributed by atoms with Gasteiger partial charge in [-0.05, 0) is 49.4 Å². The molecule has 2 atom stereocenters. The van der Waals surface area contributed by atoms with Crippen LogP contribution in [0.15, 0.2) is 22.7 Å². The summed E-state index contributed by atoms with van der Waals surface area (Å²) in [4.78, 5) is 19.0. The molecule has 1 aromatic carbocycles. The number of nitrogens with zero attached hydrogens (tertiary/aromatic N) is 3. The topological polar surface area (TPSA) is 89.7 Å². The molecule has 1 aromatic heterocycles. The largest absolute Gasteiger partial charge is 0.493 e. The van der Waals surface area contributed by atoms with Gasteiger partial charge in [-0.15, -0.1) is 11.8 Å². The third-order valence-electron chi connectivity index (χ3n) is 5.49. The van der Waals surface area contributed by atoms with Gasteiger partial charge < -0.3 is 24.2 Å². The maximum Gasteiger partial charge on any atom is 0.236 e. The van der Waals surface area contributed by atoms with E-state index >= 15 is 0 Å². The van der Waals surface area contributed by atoms with Crippen molar-refractivity contribution >= 4 is 17.7 Å². The van der Waals surface area contributed by atoms with Crippen LogP contribution >= 0.6 is 11.8 Å². The molecule has 0 unspecified atom stereocenters. The van der Waals surface area contributed by atoms with E-state index in [1.165, 1.54) is 31.3 Å². The Balaban J connectivity index is 1.35. The fraction of sp³-hybridized carbons (Fsp3) is 0.609. The standard InChI is InChI=1S/C23H34N4O4S/c1-16-10-17(2)13-27(12-16)9-5-8-24-21(28)14-32-15-22-25-23(26-31-22)18-6-7-19(29-3)20(11-18)30-4/h6-7,11,16-17H,5,8-10,12-15H2,1-4H3,(H,24,28)/t16-,17-/m0/s1. The van der Waals surface area contributed by atoms with E-state index in [9.17, 15) is 4.79 Å². The van der Waals surface area contributed by atoms with Crippen molar-refractivity contribution in [2.75, 3.05) is 46.2 Å². The van der Waals surface area contributed by atoms with E-state index in [1.807, 2.05) is 6.07 Å². The van der Waals surface area contributed by atoms with Crippen LogP contribution in [-0.2, 0) is 10.5 Å². The molecule has 2 heterocycles. The first kappa shape index (κ1) is 24.4. The molecule has 1 amide bonds. The molecule has 3 rings (SSSR count). The Morgan fingerprint density at radius 3 is 2.69 bits per heavy atom. The molecule has 0 saturated carbocycles. The quantitative estimate of drug-likeness (QED) is 0.508. The van der Waals surface area contributed by atoms with E-state index in [0.29, 0.717) is 41.3 Å². The maximum atomic E-state index is 12.1. The highest BCUT2D eigenvalue weighted by Gasteiger charge is 2.21. The summed E-state index contributed by atoms with van der Waals surface area (Å²) in [6.07, 6.45) is 2.30. The summed E-state index contributed by atoms with van der Waals surface area (Å²) in [5, 5.41) is 7.04. The van der Waals surface area contributed by atoms with Crippen molar-refractivity contribution in [1.82, 2.24) is 20.4 Å². The van der Waals surface area contributed by atoms with Crippen molar-refractivity contribution in [1.29, 1.82) is 0 Å². The second-order valence-corrected chi connectivity index (χ2v) is 9.47. The fourth-order valence-electron chi connectivity index (χ4n) is 4.19. The summed E-state index contributed by atoms with van der Waals surface area (Å²) in [6.45, 7) is 8.74. The average Bonchev–Trinajstić information content (AvgIpc) is 3.24. The van der Waals surface area contributed by atoms with Crippen LogP contribution in [0.25, 0.3) is 11.4 Å². The van der Waals surface area contributed by atoms with Crippen molar-refractivity contribution in [3.8, 4) is 22.9 Å². The van der Waals surface area contributed by atoms with E-state index < -0.39 is 0 Å². The molecule has 1 fully saturated rings. The Morgan fingerprint density at radius 1 is 1.22 bits per heavy atom. The second kappa shape index (κ2) is 12.1. The number of aromatic nitrogens is 2. The lowest BCUT2D eigenvalue weighted by Gasteiger charge is -2.34. The lowest BCUT2D eigenvalue weighted by atomic mass is 9.92. The first-order valence-electron chi connectivity index (χ1n) is 11.1. The van der Waals surface area contributed by atoms with Gasteiger partial charge in [0.2, 0.25) is 17.6 Å². The number of methoxy groups -OCH3 is 2. The van der Waals surface area contributed by atoms with E-state index in [4.69, 9.17) is 14.0 Å². The molecule has 0 radical (unpaired) electrons. The number of hydrogen-bond acceptors (Lipinski definition) is 8. The molecule has 0 spiro atoms. The summed E-state index contributed by atoms with van der Waals surface area (Å²) >= 11 is 1.46. The Bertz CT molecular complexity index is 865. The van der Waals surface area contributed by atoms with Crippen LogP contribution in [0, 0.1) is 11.8 Å². The summed E-state index contributed by atoms with van der Waals surface area (Å²) in [5.74, 6) is 4.63. The van der Waals surface area contributed by atoms with E-state index in [0.717, 1.165) is 30.4 Å². The average molecular weight is 463 g/mol. The number of nitrogens with one attached hydrogen (secondary N) is 1. The highest BCUT2D eigenvalue weighted by molar-refractivity contribution is 7.99. The van der Waals surface area contributed by atoms with Gasteiger partial charge in [0, 0.05) is 25.2 Å². The molecule has 1 saturated heterocycles. The molecule has 1 aliphatic heterocycles. The predicted molar refractivity (Wildman–Crippen MR) is 126 cm³/mol. The molecule has 0 aliphatic carbocycles. The first-order valence-corrected chi connectivity index (χ1v) is 12.3. The Hall–Kier alpha value is -2.26. The van der Waals surface area contributed by atoms with Crippen molar-refractivity contribution in [2.24, 2.45) is 11.8 Å².